The summed E-state index contributed by atoms with van der Waals surface area (Å²) in [6, 6.07) is 0. The van der Waals surface area contributed by atoms with Crippen molar-refractivity contribution < 1.29 is 0 Å². The molecule has 0 aliphatic carbocycles. The first kappa shape index (κ1) is 12.4. The van der Waals surface area contributed by atoms with Gasteiger partial charge in [-0.3, -0.25) is 4.90 Å². The summed E-state index contributed by atoms with van der Waals surface area (Å²) < 4.78 is 2.11. The summed E-state index contributed by atoms with van der Waals surface area (Å²) in [5.41, 5.74) is 5.66. The van der Waals surface area contributed by atoms with Crippen LogP contribution < -0.4 is 5.73 Å². The molecule has 1 aliphatic heterocycles. The lowest BCUT2D eigenvalue weighted by Crippen LogP contribution is -2.38. The molecule has 5 nitrogen and oxygen atoms in total. The van der Waals surface area contributed by atoms with Crippen LogP contribution in [-0.2, 0) is 13.1 Å². The van der Waals surface area contributed by atoms with Gasteiger partial charge < -0.3 is 10.3 Å². The van der Waals surface area contributed by atoms with Crippen LogP contribution in [0.15, 0.2) is 6.33 Å². The molecule has 0 fully saturated rings. The molecule has 0 saturated heterocycles. The number of hydrogen-bond donors (Lipinski definition) is 1. The second kappa shape index (κ2) is 4.70. The van der Waals surface area contributed by atoms with Crippen molar-refractivity contribution in [2.45, 2.75) is 33.4 Å². The maximum atomic E-state index is 5.73. The normalized spacial score (nSPS) is 16.8. The molecule has 2 rings (SSSR count). The van der Waals surface area contributed by atoms with Gasteiger partial charge in [-0.15, -0.1) is 10.2 Å². The first-order chi connectivity index (χ1) is 7.99. The Balaban J connectivity index is 1.88. The van der Waals surface area contributed by atoms with Crippen LogP contribution in [0.1, 0.15) is 26.1 Å². The van der Waals surface area contributed by atoms with E-state index < -0.39 is 0 Å². The molecule has 1 aliphatic rings. The highest BCUT2D eigenvalue weighted by Crippen LogP contribution is 2.22. The van der Waals surface area contributed by atoms with E-state index >= 15 is 0 Å². The van der Waals surface area contributed by atoms with Crippen molar-refractivity contribution in [2.24, 2.45) is 11.1 Å². The van der Waals surface area contributed by atoms with Gasteiger partial charge in [0.05, 0.1) is 11.5 Å². The van der Waals surface area contributed by atoms with Crippen molar-refractivity contribution >= 4 is 17.2 Å². The molecule has 0 radical (unpaired) electrons. The Hall–Kier alpha value is -1.01. The molecule has 0 saturated carbocycles. The van der Waals surface area contributed by atoms with Gasteiger partial charge in [-0.2, -0.15) is 0 Å². The predicted molar refractivity (Wildman–Crippen MR) is 70.5 cm³/mol. The van der Waals surface area contributed by atoms with E-state index in [0.29, 0.717) is 4.99 Å². The van der Waals surface area contributed by atoms with Gasteiger partial charge in [0.2, 0.25) is 0 Å². The number of fused-ring (bicyclic) bond motifs is 1. The van der Waals surface area contributed by atoms with Crippen molar-refractivity contribution in [2.75, 3.05) is 13.1 Å². The molecule has 0 unspecified atom stereocenters. The van der Waals surface area contributed by atoms with Gasteiger partial charge in [0, 0.05) is 18.5 Å². The van der Waals surface area contributed by atoms with E-state index in [4.69, 9.17) is 18.0 Å². The zero-order chi connectivity index (χ0) is 12.5. The molecule has 0 spiro atoms. The Labute approximate surface area is 107 Å². The highest BCUT2D eigenvalue weighted by molar-refractivity contribution is 7.80. The maximum absolute atomic E-state index is 5.73. The van der Waals surface area contributed by atoms with Crippen molar-refractivity contribution in [1.29, 1.82) is 0 Å². The zero-order valence-corrected chi connectivity index (χ0v) is 11.2. The quantitative estimate of drug-likeness (QED) is 0.804. The Kier molecular flexibility index (Phi) is 3.44. The van der Waals surface area contributed by atoms with Crippen LogP contribution in [0.25, 0.3) is 0 Å². The van der Waals surface area contributed by atoms with E-state index in [9.17, 15) is 0 Å². The highest BCUT2D eigenvalue weighted by atomic mass is 32.1. The number of aromatic nitrogens is 3. The fourth-order valence-corrected chi connectivity index (χ4v) is 1.97. The van der Waals surface area contributed by atoms with Crippen LogP contribution in [0.2, 0.25) is 0 Å². The largest absolute Gasteiger partial charge is 0.393 e. The van der Waals surface area contributed by atoms with Crippen LogP contribution in [0, 0.1) is 5.41 Å². The third-order valence-electron chi connectivity index (χ3n) is 3.44. The standard InChI is InChI=1S/C11H19N5S/c1-11(2,10(12)17)3-4-15-5-6-16-8-13-14-9(16)7-15/h8H,3-7H2,1-2H3,(H2,12,17). The summed E-state index contributed by atoms with van der Waals surface area (Å²) in [5, 5.41) is 8.03. The first-order valence-corrected chi connectivity index (χ1v) is 6.29. The van der Waals surface area contributed by atoms with Gasteiger partial charge >= 0.3 is 0 Å². The summed E-state index contributed by atoms with van der Waals surface area (Å²) >= 11 is 5.08. The third-order valence-corrected chi connectivity index (χ3v) is 3.99. The summed E-state index contributed by atoms with van der Waals surface area (Å²) in [6.45, 7) is 8.07. The Bertz CT molecular complexity index is 412. The van der Waals surface area contributed by atoms with Gasteiger partial charge in [0.15, 0.2) is 0 Å². The molecule has 2 N–H and O–H groups in total. The molecule has 94 valence electrons. The van der Waals surface area contributed by atoms with Crippen molar-refractivity contribution in [3.8, 4) is 0 Å². The molecule has 0 amide bonds. The second-order valence-electron chi connectivity index (χ2n) is 5.21. The monoisotopic (exact) mass is 253 g/mol. The third kappa shape index (κ3) is 2.81. The van der Waals surface area contributed by atoms with Gasteiger partial charge in [0.25, 0.3) is 0 Å². The number of nitrogens with zero attached hydrogens (tertiary/aromatic N) is 4. The number of hydrogen-bond acceptors (Lipinski definition) is 4. The number of thiocarbonyl (C=S) groups is 1. The summed E-state index contributed by atoms with van der Waals surface area (Å²) in [6.07, 6.45) is 2.78. The number of nitrogens with two attached hydrogens (primary N) is 1. The highest BCUT2D eigenvalue weighted by Gasteiger charge is 2.24. The first-order valence-electron chi connectivity index (χ1n) is 5.88. The van der Waals surface area contributed by atoms with E-state index in [0.717, 1.165) is 38.4 Å². The van der Waals surface area contributed by atoms with E-state index in [1.807, 2.05) is 0 Å². The van der Waals surface area contributed by atoms with Gasteiger partial charge in [-0.25, -0.2) is 0 Å². The van der Waals surface area contributed by atoms with Crippen molar-refractivity contribution in [1.82, 2.24) is 19.7 Å². The van der Waals surface area contributed by atoms with Gasteiger partial charge in [-0.1, -0.05) is 26.1 Å². The zero-order valence-electron chi connectivity index (χ0n) is 10.4. The van der Waals surface area contributed by atoms with Crippen molar-refractivity contribution in [3.05, 3.63) is 12.2 Å². The van der Waals surface area contributed by atoms with Crippen LogP contribution >= 0.6 is 12.2 Å². The smallest absolute Gasteiger partial charge is 0.147 e. The van der Waals surface area contributed by atoms with Crippen LogP contribution in [0.3, 0.4) is 0 Å². The molecule has 0 atom stereocenters. The molecule has 0 bridgehead atoms. The minimum atomic E-state index is -0.0690. The minimum Gasteiger partial charge on any atom is -0.393 e. The van der Waals surface area contributed by atoms with Crippen LogP contribution in [0.4, 0.5) is 0 Å². The Morgan fingerprint density at radius 2 is 2.29 bits per heavy atom. The molecule has 1 aromatic rings. The van der Waals surface area contributed by atoms with Crippen LogP contribution in [-0.4, -0.2) is 37.7 Å². The Morgan fingerprint density at radius 1 is 1.53 bits per heavy atom. The lowest BCUT2D eigenvalue weighted by atomic mass is 9.89. The van der Waals surface area contributed by atoms with Crippen LogP contribution in [0.5, 0.6) is 0 Å². The molecular weight excluding hydrogens is 234 g/mol. The molecule has 17 heavy (non-hydrogen) atoms. The van der Waals surface area contributed by atoms with E-state index in [2.05, 4.69) is 33.5 Å². The van der Waals surface area contributed by atoms with Crippen molar-refractivity contribution in [3.63, 3.8) is 0 Å². The molecule has 6 heteroatoms. The fourth-order valence-electron chi connectivity index (χ4n) is 1.87. The van der Waals surface area contributed by atoms with Gasteiger partial charge in [0.1, 0.15) is 12.2 Å². The second-order valence-corrected chi connectivity index (χ2v) is 5.65. The molecular formula is C11H19N5S. The summed E-state index contributed by atoms with van der Waals surface area (Å²) in [7, 11) is 0. The summed E-state index contributed by atoms with van der Waals surface area (Å²) in [4.78, 5) is 2.97. The fraction of sp³-hybridized carbons (Fsp3) is 0.727. The lowest BCUT2D eigenvalue weighted by molar-refractivity contribution is 0.198. The van der Waals surface area contributed by atoms with Gasteiger partial charge in [-0.05, 0) is 13.0 Å². The average Bonchev–Trinajstić information content (AvgIpc) is 2.73. The Morgan fingerprint density at radius 3 is 3.00 bits per heavy atom. The minimum absolute atomic E-state index is 0.0690. The average molecular weight is 253 g/mol. The molecule has 2 heterocycles. The predicted octanol–water partition coefficient (Wildman–Crippen LogP) is 0.796. The maximum Gasteiger partial charge on any atom is 0.147 e. The SMILES string of the molecule is CC(C)(CCN1CCn2cnnc2C1)C(N)=S. The summed E-state index contributed by atoms with van der Waals surface area (Å²) in [5.74, 6) is 1.05. The van der Waals surface area contributed by atoms with E-state index in [1.54, 1.807) is 6.33 Å². The van der Waals surface area contributed by atoms with E-state index in [1.165, 1.54) is 0 Å². The topological polar surface area (TPSA) is 60.0 Å². The number of rotatable bonds is 4. The van der Waals surface area contributed by atoms with E-state index in [-0.39, 0.29) is 5.41 Å². The molecule has 1 aromatic heterocycles. The molecule has 0 aromatic carbocycles. The lowest BCUT2D eigenvalue weighted by Gasteiger charge is -2.30.